The summed E-state index contributed by atoms with van der Waals surface area (Å²) in [5.74, 6) is 1.64. The van der Waals surface area contributed by atoms with Crippen LogP contribution in [0.5, 0.6) is 0 Å². The molecule has 1 aromatic heterocycles. The summed E-state index contributed by atoms with van der Waals surface area (Å²) in [6.45, 7) is 3.19. The van der Waals surface area contributed by atoms with Crippen molar-refractivity contribution in [1.29, 1.82) is 0 Å². The van der Waals surface area contributed by atoms with Gasteiger partial charge in [0.1, 0.15) is 5.82 Å². The number of hydrogen-bond donors (Lipinski definition) is 3. The smallest absolute Gasteiger partial charge is 0.120 e. The van der Waals surface area contributed by atoms with Crippen molar-refractivity contribution in [3.8, 4) is 0 Å². The highest BCUT2D eigenvalue weighted by molar-refractivity contribution is 4.95. The zero-order valence-corrected chi connectivity index (χ0v) is 9.87. The van der Waals surface area contributed by atoms with Gasteiger partial charge >= 0.3 is 0 Å². The lowest BCUT2D eigenvalue weighted by atomic mass is 9.77. The Bertz CT molecular complexity index is 312. The van der Waals surface area contributed by atoms with Crippen molar-refractivity contribution >= 4 is 0 Å². The molecule has 4 nitrogen and oxygen atoms in total. The third-order valence-electron chi connectivity index (χ3n) is 3.58. The van der Waals surface area contributed by atoms with Gasteiger partial charge in [0, 0.05) is 17.9 Å². The Balaban J connectivity index is 1.93. The maximum absolute atomic E-state index is 9.59. The van der Waals surface area contributed by atoms with E-state index in [9.17, 15) is 5.11 Å². The minimum absolute atomic E-state index is 0.0928. The van der Waals surface area contributed by atoms with E-state index in [1.54, 1.807) is 6.20 Å². The van der Waals surface area contributed by atoms with Gasteiger partial charge in [0.15, 0.2) is 0 Å². The molecule has 2 atom stereocenters. The predicted molar refractivity (Wildman–Crippen MR) is 62.9 cm³/mol. The van der Waals surface area contributed by atoms with Gasteiger partial charge in [-0.2, -0.15) is 0 Å². The largest absolute Gasteiger partial charge is 0.394 e. The second kappa shape index (κ2) is 4.97. The molecule has 0 spiro atoms. The Morgan fingerprint density at radius 3 is 3.19 bits per heavy atom. The number of aromatic nitrogens is 2. The Hall–Kier alpha value is -0.870. The number of aromatic amines is 1. The molecule has 1 saturated carbocycles. The molecule has 0 aromatic carbocycles. The Morgan fingerprint density at radius 2 is 2.56 bits per heavy atom. The number of nitrogens with zero attached hydrogens (tertiary/aromatic N) is 1. The number of hydrogen-bond acceptors (Lipinski definition) is 3. The van der Waals surface area contributed by atoms with Crippen molar-refractivity contribution in [3.63, 3.8) is 0 Å². The van der Waals surface area contributed by atoms with Crippen LogP contribution in [-0.4, -0.2) is 27.2 Å². The highest BCUT2D eigenvalue weighted by Gasteiger charge is 2.33. The molecule has 3 N–H and O–H groups in total. The number of aliphatic hydroxyl groups is 1. The summed E-state index contributed by atoms with van der Waals surface area (Å²) in [7, 11) is 0. The Labute approximate surface area is 96.5 Å². The number of H-pyrrole nitrogens is 1. The Morgan fingerprint density at radius 1 is 1.69 bits per heavy atom. The molecule has 1 aliphatic carbocycles. The van der Waals surface area contributed by atoms with Gasteiger partial charge in [0.2, 0.25) is 0 Å². The lowest BCUT2D eigenvalue weighted by Crippen LogP contribution is -2.51. The SMILES string of the molecule is CC1CCCC(CO)(NCc2ncc[nH]2)C1. The molecule has 16 heavy (non-hydrogen) atoms. The summed E-state index contributed by atoms with van der Waals surface area (Å²) in [6.07, 6.45) is 8.19. The molecule has 1 fully saturated rings. The lowest BCUT2D eigenvalue weighted by molar-refractivity contribution is 0.0976. The number of imidazole rings is 1. The molecule has 2 rings (SSSR count). The number of nitrogens with one attached hydrogen (secondary N) is 2. The zero-order chi connectivity index (χ0) is 11.4. The first-order valence-corrected chi connectivity index (χ1v) is 6.08. The number of aliphatic hydroxyl groups excluding tert-OH is 1. The van der Waals surface area contributed by atoms with Crippen LogP contribution in [0.2, 0.25) is 0 Å². The average molecular weight is 223 g/mol. The molecule has 0 radical (unpaired) electrons. The van der Waals surface area contributed by atoms with Crippen LogP contribution in [-0.2, 0) is 6.54 Å². The van der Waals surface area contributed by atoms with Gasteiger partial charge in [-0.15, -0.1) is 0 Å². The average Bonchev–Trinajstić information content (AvgIpc) is 2.79. The van der Waals surface area contributed by atoms with E-state index >= 15 is 0 Å². The van der Waals surface area contributed by atoms with Gasteiger partial charge in [-0.1, -0.05) is 19.8 Å². The molecular formula is C12H21N3O. The van der Waals surface area contributed by atoms with Crippen LogP contribution in [0.3, 0.4) is 0 Å². The molecule has 1 aromatic rings. The standard InChI is InChI=1S/C12H21N3O/c1-10-3-2-4-12(7-10,9-16)15-8-11-13-5-6-14-11/h5-6,10,15-16H,2-4,7-9H2,1H3,(H,13,14). The summed E-state index contributed by atoms with van der Waals surface area (Å²) >= 11 is 0. The van der Waals surface area contributed by atoms with Crippen LogP contribution < -0.4 is 5.32 Å². The summed E-state index contributed by atoms with van der Waals surface area (Å²) in [4.78, 5) is 7.26. The lowest BCUT2D eigenvalue weighted by Gasteiger charge is -2.39. The van der Waals surface area contributed by atoms with Gasteiger partial charge in [0.25, 0.3) is 0 Å². The quantitative estimate of drug-likeness (QED) is 0.724. The molecule has 1 heterocycles. The van der Waals surface area contributed by atoms with E-state index in [1.165, 1.54) is 12.8 Å². The van der Waals surface area contributed by atoms with Crippen LogP contribution in [0.25, 0.3) is 0 Å². The Kier molecular flexibility index (Phi) is 3.61. The fourth-order valence-corrected chi connectivity index (χ4v) is 2.69. The van der Waals surface area contributed by atoms with Gasteiger partial charge in [-0.05, 0) is 18.8 Å². The van der Waals surface area contributed by atoms with E-state index in [-0.39, 0.29) is 12.1 Å². The van der Waals surface area contributed by atoms with E-state index in [0.717, 1.165) is 18.7 Å². The highest BCUT2D eigenvalue weighted by atomic mass is 16.3. The van der Waals surface area contributed by atoms with E-state index in [4.69, 9.17) is 0 Å². The summed E-state index contributed by atoms with van der Waals surface area (Å²) < 4.78 is 0. The second-order valence-corrected chi connectivity index (χ2v) is 5.03. The van der Waals surface area contributed by atoms with Crippen LogP contribution in [0.15, 0.2) is 12.4 Å². The van der Waals surface area contributed by atoms with Gasteiger partial charge in [0.05, 0.1) is 13.2 Å². The van der Waals surface area contributed by atoms with E-state index < -0.39 is 0 Å². The first-order valence-electron chi connectivity index (χ1n) is 6.08. The van der Waals surface area contributed by atoms with Crippen molar-refractivity contribution in [2.45, 2.75) is 44.7 Å². The molecule has 4 heteroatoms. The molecule has 0 amide bonds. The van der Waals surface area contributed by atoms with Crippen molar-refractivity contribution in [2.75, 3.05) is 6.61 Å². The third kappa shape index (κ3) is 2.62. The van der Waals surface area contributed by atoms with Crippen molar-refractivity contribution in [2.24, 2.45) is 5.92 Å². The fourth-order valence-electron chi connectivity index (χ4n) is 2.69. The van der Waals surface area contributed by atoms with E-state index in [0.29, 0.717) is 12.5 Å². The first-order chi connectivity index (χ1) is 7.74. The fraction of sp³-hybridized carbons (Fsp3) is 0.750. The summed E-state index contributed by atoms with van der Waals surface area (Å²) in [5, 5.41) is 13.1. The minimum atomic E-state index is -0.0928. The normalized spacial score (nSPS) is 30.5. The second-order valence-electron chi connectivity index (χ2n) is 5.03. The molecule has 90 valence electrons. The zero-order valence-electron chi connectivity index (χ0n) is 9.87. The minimum Gasteiger partial charge on any atom is -0.394 e. The summed E-state index contributed by atoms with van der Waals surface area (Å²) in [6, 6.07) is 0. The molecule has 0 aliphatic heterocycles. The van der Waals surface area contributed by atoms with Crippen LogP contribution >= 0.6 is 0 Å². The molecule has 0 bridgehead atoms. The molecule has 2 unspecified atom stereocenters. The van der Waals surface area contributed by atoms with Gasteiger partial charge < -0.3 is 15.4 Å². The van der Waals surface area contributed by atoms with Crippen molar-refractivity contribution < 1.29 is 5.11 Å². The van der Waals surface area contributed by atoms with Crippen LogP contribution in [0.4, 0.5) is 0 Å². The topological polar surface area (TPSA) is 60.9 Å². The molecular weight excluding hydrogens is 202 g/mol. The molecule has 1 aliphatic rings. The summed E-state index contributed by atoms with van der Waals surface area (Å²) in [5.41, 5.74) is -0.0928. The predicted octanol–water partition coefficient (Wildman–Crippen LogP) is 1.44. The maximum Gasteiger partial charge on any atom is 0.120 e. The highest BCUT2D eigenvalue weighted by Crippen LogP contribution is 2.32. The van der Waals surface area contributed by atoms with Crippen molar-refractivity contribution in [3.05, 3.63) is 18.2 Å². The molecule has 0 saturated heterocycles. The van der Waals surface area contributed by atoms with E-state index in [1.807, 2.05) is 6.20 Å². The van der Waals surface area contributed by atoms with Gasteiger partial charge in [-0.25, -0.2) is 4.98 Å². The van der Waals surface area contributed by atoms with E-state index in [2.05, 4.69) is 22.2 Å². The number of rotatable bonds is 4. The van der Waals surface area contributed by atoms with Gasteiger partial charge in [-0.3, -0.25) is 0 Å². The maximum atomic E-state index is 9.59. The monoisotopic (exact) mass is 223 g/mol. The van der Waals surface area contributed by atoms with Crippen molar-refractivity contribution in [1.82, 2.24) is 15.3 Å². The first kappa shape index (κ1) is 11.6. The van der Waals surface area contributed by atoms with Crippen LogP contribution in [0.1, 0.15) is 38.4 Å². The third-order valence-corrected chi connectivity index (χ3v) is 3.58. The van der Waals surface area contributed by atoms with Crippen LogP contribution in [0, 0.1) is 5.92 Å².